The minimum Gasteiger partial charge on any atom is -0.481 e. The van der Waals surface area contributed by atoms with Crippen molar-refractivity contribution in [2.75, 3.05) is 13.1 Å². The molecular formula is C11H12ClN3O3. The van der Waals surface area contributed by atoms with Crippen molar-refractivity contribution in [3.8, 4) is 0 Å². The largest absolute Gasteiger partial charge is 0.481 e. The van der Waals surface area contributed by atoms with Crippen LogP contribution >= 0.6 is 11.6 Å². The van der Waals surface area contributed by atoms with Gasteiger partial charge in [-0.05, 0) is 12.8 Å². The first kappa shape index (κ1) is 12.8. The number of piperidine rings is 1. The Kier molecular flexibility index (Phi) is 3.76. The summed E-state index contributed by atoms with van der Waals surface area (Å²) in [6, 6.07) is 0. The van der Waals surface area contributed by atoms with Gasteiger partial charge in [-0.1, -0.05) is 11.6 Å². The van der Waals surface area contributed by atoms with Gasteiger partial charge in [0.15, 0.2) is 0 Å². The number of likely N-dealkylation sites (tertiary alicyclic amines) is 1. The normalized spacial score (nSPS) is 19.6. The van der Waals surface area contributed by atoms with E-state index < -0.39 is 11.9 Å². The Bertz CT molecular complexity index is 463. The molecule has 1 aliphatic heterocycles. The molecule has 2 rings (SSSR count). The quantitative estimate of drug-likeness (QED) is 0.868. The smallest absolute Gasteiger partial charge is 0.308 e. The molecule has 0 radical (unpaired) electrons. The Balaban J connectivity index is 2.09. The van der Waals surface area contributed by atoms with E-state index in [2.05, 4.69) is 9.97 Å². The number of nitrogens with zero attached hydrogens (tertiary/aromatic N) is 3. The molecular weight excluding hydrogens is 258 g/mol. The lowest BCUT2D eigenvalue weighted by Gasteiger charge is -2.30. The number of carbonyl (C=O) groups is 2. The summed E-state index contributed by atoms with van der Waals surface area (Å²) in [7, 11) is 0. The standard InChI is InChI=1S/C11H12ClN3O3/c12-9-5-13-8(4-14-9)10(16)15-3-1-2-7(6-15)11(17)18/h4-5,7H,1-3,6H2,(H,17,18). The average Bonchev–Trinajstić information content (AvgIpc) is 2.39. The van der Waals surface area contributed by atoms with Crippen LogP contribution in [0.1, 0.15) is 23.3 Å². The fourth-order valence-corrected chi connectivity index (χ4v) is 2.05. The fourth-order valence-electron chi connectivity index (χ4n) is 1.95. The topological polar surface area (TPSA) is 83.4 Å². The Hall–Kier alpha value is -1.69. The Morgan fingerprint density at radius 3 is 2.78 bits per heavy atom. The highest BCUT2D eigenvalue weighted by Gasteiger charge is 2.29. The van der Waals surface area contributed by atoms with Crippen molar-refractivity contribution >= 4 is 23.5 Å². The van der Waals surface area contributed by atoms with Crippen LogP contribution in [0.5, 0.6) is 0 Å². The van der Waals surface area contributed by atoms with E-state index in [1.54, 1.807) is 0 Å². The van der Waals surface area contributed by atoms with E-state index >= 15 is 0 Å². The molecule has 1 saturated heterocycles. The fraction of sp³-hybridized carbons (Fsp3) is 0.455. The Morgan fingerprint density at radius 2 is 2.17 bits per heavy atom. The number of aromatic nitrogens is 2. The second-order valence-corrected chi connectivity index (χ2v) is 4.54. The number of halogens is 1. The van der Waals surface area contributed by atoms with Crippen molar-refractivity contribution in [3.05, 3.63) is 23.2 Å². The third kappa shape index (κ3) is 2.76. The molecule has 1 unspecified atom stereocenters. The minimum absolute atomic E-state index is 0.186. The SMILES string of the molecule is O=C(O)C1CCCN(C(=O)c2cnc(Cl)cn2)C1. The molecule has 2 heterocycles. The van der Waals surface area contributed by atoms with Crippen LogP contribution in [0.3, 0.4) is 0 Å². The molecule has 1 fully saturated rings. The van der Waals surface area contributed by atoms with E-state index in [1.165, 1.54) is 17.3 Å². The average molecular weight is 270 g/mol. The van der Waals surface area contributed by atoms with Crippen LogP contribution in [-0.2, 0) is 4.79 Å². The highest BCUT2D eigenvalue weighted by Crippen LogP contribution is 2.18. The van der Waals surface area contributed by atoms with E-state index in [9.17, 15) is 9.59 Å². The first-order valence-electron chi connectivity index (χ1n) is 5.57. The van der Waals surface area contributed by atoms with Crippen molar-refractivity contribution in [3.63, 3.8) is 0 Å². The van der Waals surface area contributed by atoms with Gasteiger partial charge in [0.25, 0.3) is 5.91 Å². The van der Waals surface area contributed by atoms with Crippen LogP contribution in [0.25, 0.3) is 0 Å². The minimum atomic E-state index is -0.866. The molecule has 0 bridgehead atoms. The second kappa shape index (κ2) is 5.30. The molecule has 1 amide bonds. The molecule has 96 valence electrons. The molecule has 18 heavy (non-hydrogen) atoms. The summed E-state index contributed by atoms with van der Waals surface area (Å²) in [6.45, 7) is 0.769. The van der Waals surface area contributed by atoms with Gasteiger partial charge in [0.05, 0.1) is 18.3 Å². The van der Waals surface area contributed by atoms with Gasteiger partial charge in [0.2, 0.25) is 0 Å². The van der Waals surface area contributed by atoms with E-state index in [0.717, 1.165) is 0 Å². The Labute approximate surface area is 109 Å². The molecule has 0 aromatic carbocycles. The van der Waals surface area contributed by atoms with Crippen molar-refractivity contribution in [2.45, 2.75) is 12.8 Å². The van der Waals surface area contributed by atoms with Crippen molar-refractivity contribution in [1.29, 1.82) is 0 Å². The molecule has 1 N–H and O–H groups in total. The number of hydrogen-bond acceptors (Lipinski definition) is 4. The van der Waals surface area contributed by atoms with E-state index in [4.69, 9.17) is 16.7 Å². The van der Waals surface area contributed by atoms with Gasteiger partial charge in [-0.15, -0.1) is 0 Å². The summed E-state index contributed by atoms with van der Waals surface area (Å²) in [6.07, 6.45) is 3.89. The third-order valence-corrected chi connectivity index (χ3v) is 3.09. The maximum absolute atomic E-state index is 12.1. The zero-order valence-electron chi connectivity index (χ0n) is 9.54. The van der Waals surface area contributed by atoms with Crippen molar-refractivity contribution in [2.24, 2.45) is 5.92 Å². The molecule has 7 heteroatoms. The maximum Gasteiger partial charge on any atom is 0.308 e. The lowest BCUT2D eigenvalue weighted by Crippen LogP contribution is -2.42. The van der Waals surface area contributed by atoms with E-state index in [1.807, 2.05) is 0 Å². The predicted octanol–water partition coefficient (Wildman–Crippen LogP) is 1.07. The van der Waals surface area contributed by atoms with Crippen LogP contribution in [0, 0.1) is 5.92 Å². The molecule has 1 aromatic heterocycles. The zero-order chi connectivity index (χ0) is 13.1. The van der Waals surface area contributed by atoms with Gasteiger partial charge in [-0.2, -0.15) is 0 Å². The van der Waals surface area contributed by atoms with Gasteiger partial charge in [0, 0.05) is 13.1 Å². The molecule has 0 aliphatic carbocycles. The zero-order valence-corrected chi connectivity index (χ0v) is 10.3. The summed E-state index contributed by atoms with van der Waals surface area (Å²) in [5, 5.41) is 9.18. The number of hydrogen-bond donors (Lipinski definition) is 1. The second-order valence-electron chi connectivity index (χ2n) is 4.15. The van der Waals surface area contributed by atoms with E-state index in [0.29, 0.717) is 19.4 Å². The summed E-state index contributed by atoms with van der Waals surface area (Å²) in [5.41, 5.74) is 0.186. The van der Waals surface area contributed by atoms with Gasteiger partial charge < -0.3 is 10.0 Å². The molecule has 0 saturated carbocycles. The highest BCUT2D eigenvalue weighted by molar-refractivity contribution is 6.29. The van der Waals surface area contributed by atoms with Gasteiger partial charge in [-0.25, -0.2) is 9.97 Å². The van der Waals surface area contributed by atoms with Crippen LogP contribution in [0.2, 0.25) is 5.15 Å². The lowest BCUT2D eigenvalue weighted by atomic mass is 9.98. The van der Waals surface area contributed by atoms with E-state index in [-0.39, 0.29) is 23.3 Å². The number of amides is 1. The van der Waals surface area contributed by atoms with Gasteiger partial charge in [-0.3, -0.25) is 9.59 Å². The molecule has 0 spiro atoms. The monoisotopic (exact) mass is 269 g/mol. The summed E-state index contributed by atoms with van der Waals surface area (Å²) in [4.78, 5) is 32.2. The van der Waals surface area contributed by atoms with Gasteiger partial charge >= 0.3 is 5.97 Å². The van der Waals surface area contributed by atoms with Crippen LogP contribution < -0.4 is 0 Å². The molecule has 6 nitrogen and oxygen atoms in total. The number of carboxylic acids is 1. The predicted molar refractivity (Wildman–Crippen MR) is 63.3 cm³/mol. The number of aliphatic carboxylic acids is 1. The number of carbonyl (C=O) groups excluding carboxylic acids is 1. The molecule has 1 atom stereocenters. The lowest BCUT2D eigenvalue weighted by molar-refractivity contribution is -0.143. The van der Waals surface area contributed by atoms with Crippen molar-refractivity contribution < 1.29 is 14.7 Å². The summed E-state index contributed by atoms with van der Waals surface area (Å²) < 4.78 is 0. The summed E-state index contributed by atoms with van der Waals surface area (Å²) >= 11 is 5.59. The van der Waals surface area contributed by atoms with Crippen molar-refractivity contribution in [1.82, 2.24) is 14.9 Å². The maximum atomic E-state index is 12.1. The number of rotatable bonds is 2. The Morgan fingerprint density at radius 1 is 1.39 bits per heavy atom. The van der Waals surface area contributed by atoms with Gasteiger partial charge in [0.1, 0.15) is 10.8 Å². The third-order valence-electron chi connectivity index (χ3n) is 2.90. The van der Waals surface area contributed by atoms with Crippen LogP contribution in [0.4, 0.5) is 0 Å². The first-order chi connectivity index (χ1) is 8.58. The molecule has 1 aromatic rings. The molecule has 1 aliphatic rings. The van der Waals surface area contributed by atoms with Crippen LogP contribution in [-0.4, -0.2) is 44.9 Å². The first-order valence-corrected chi connectivity index (χ1v) is 5.95. The summed E-state index contributed by atoms with van der Waals surface area (Å²) in [5.74, 6) is -1.66. The van der Waals surface area contributed by atoms with Crippen LogP contribution in [0.15, 0.2) is 12.4 Å². The number of carboxylic acid groups (broad SMARTS) is 1. The highest BCUT2D eigenvalue weighted by atomic mass is 35.5.